The summed E-state index contributed by atoms with van der Waals surface area (Å²) >= 11 is 1.71. The summed E-state index contributed by atoms with van der Waals surface area (Å²) in [5, 5.41) is 7.62. The molecule has 0 radical (unpaired) electrons. The fraction of sp³-hybridized carbons (Fsp3) is 0.500. The quantitative estimate of drug-likeness (QED) is 0.630. The number of aliphatic imine (C=N–C) groups is 1. The highest BCUT2D eigenvalue weighted by Crippen LogP contribution is 2.16. The van der Waals surface area contributed by atoms with Crippen molar-refractivity contribution in [3.05, 3.63) is 34.3 Å². The van der Waals surface area contributed by atoms with Gasteiger partial charge in [0, 0.05) is 36.9 Å². The van der Waals surface area contributed by atoms with Crippen molar-refractivity contribution in [1.82, 2.24) is 25.2 Å². The maximum absolute atomic E-state index is 4.57. The third-order valence-corrected chi connectivity index (χ3v) is 4.07. The van der Waals surface area contributed by atoms with E-state index in [1.807, 2.05) is 24.0 Å². The van der Waals surface area contributed by atoms with Gasteiger partial charge >= 0.3 is 0 Å². The molecule has 0 unspecified atom stereocenters. The molecule has 6 nitrogen and oxygen atoms in total. The molecule has 2 heterocycles. The summed E-state index contributed by atoms with van der Waals surface area (Å²) in [5.74, 6) is 0.822. The monoisotopic (exact) mass is 306 g/mol. The molecule has 0 saturated heterocycles. The van der Waals surface area contributed by atoms with E-state index in [0.717, 1.165) is 36.3 Å². The molecule has 0 fully saturated rings. The molecule has 0 spiro atoms. The Morgan fingerprint density at radius 1 is 1.38 bits per heavy atom. The predicted molar refractivity (Wildman–Crippen MR) is 86.6 cm³/mol. The van der Waals surface area contributed by atoms with Gasteiger partial charge in [-0.1, -0.05) is 0 Å². The predicted octanol–water partition coefficient (Wildman–Crippen LogP) is 1.71. The van der Waals surface area contributed by atoms with Gasteiger partial charge in [-0.05, 0) is 20.8 Å². The van der Waals surface area contributed by atoms with Crippen LogP contribution in [0.15, 0.2) is 23.7 Å². The number of hydrogen-bond donors (Lipinski definition) is 2. The average molecular weight is 306 g/mol. The summed E-state index contributed by atoms with van der Waals surface area (Å²) < 4.78 is 2.03. The third kappa shape index (κ3) is 4.86. The smallest absolute Gasteiger partial charge is 0.191 e. The first-order valence-electron chi connectivity index (χ1n) is 7.10. The van der Waals surface area contributed by atoms with E-state index in [4.69, 9.17) is 0 Å². The molecule has 2 aromatic heterocycles. The van der Waals surface area contributed by atoms with Crippen molar-refractivity contribution in [3.8, 4) is 0 Å². The SMILES string of the molecule is CCNC(=NCc1nc(C)c(C)s1)NCCn1ccnc1. The summed E-state index contributed by atoms with van der Waals surface area (Å²) in [4.78, 5) is 14.4. The Bertz CT molecular complexity index is 553. The van der Waals surface area contributed by atoms with E-state index in [-0.39, 0.29) is 0 Å². The maximum Gasteiger partial charge on any atom is 0.191 e. The molecule has 0 aromatic carbocycles. The van der Waals surface area contributed by atoms with Gasteiger partial charge in [0.1, 0.15) is 5.01 Å². The Labute approximate surface area is 129 Å². The summed E-state index contributed by atoms with van der Waals surface area (Å²) in [5.41, 5.74) is 1.10. The van der Waals surface area contributed by atoms with Crippen LogP contribution >= 0.6 is 11.3 Å². The molecular weight excluding hydrogens is 284 g/mol. The Hall–Kier alpha value is -1.89. The molecular formula is C14H22N6S. The van der Waals surface area contributed by atoms with Gasteiger partial charge in [-0.25, -0.2) is 15.0 Å². The van der Waals surface area contributed by atoms with Crippen LogP contribution in [-0.2, 0) is 13.1 Å². The van der Waals surface area contributed by atoms with E-state index in [1.165, 1.54) is 4.88 Å². The zero-order chi connectivity index (χ0) is 15.1. The van der Waals surface area contributed by atoms with Crippen LogP contribution in [0.1, 0.15) is 22.5 Å². The van der Waals surface area contributed by atoms with Gasteiger partial charge in [0.25, 0.3) is 0 Å². The second kappa shape index (κ2) is 7.78. The molecule has 114 valence electrons. The van der Waals surface area contributed by atoms with E-state index in [0.29, 0.717) is 6.54 Å². The first-order valence-corrected chi connectivity index (χ1v) is 7.91. The van der Waals surface area contributed by atoms with Crippen LogP contribution in [0.25, 0.3) is 0 Å². The number of imidazole rings is 1. The van der Waals surface area contributed by atoms with Crippen molar-refractivity contribution >= 4 is 17.3 Å². The highest BCUT2D eigenvalue weighted by molar-refractivity contribution is 7.11. The zero-order valence-electron chi connectivity index (χ0n) is 12.8. The zero-order valence-corrected chi connectivity index (χ0v) is 13.6. The molecule has 0 aliphatic carbocycles. The number of rotatable bonds is 6. The average Bonchev–Trinajstić information content (AvgIpc) is 3.07. The van der Waals surface area contributed by atoms with Crippen molar-refractivity contribution in [2.45, 2.75) is 33.9 Å². The first-order chi connectivity index (χ1) is 10.2. The summed E-state index contributed by atoms with van der Waals surface area (Å²) in [6, 6.07) is 0. The highest BCUT2D eigenvalue weighted by atomic mass is 32.1. The number of nitrogens with zero attached hydrogens (tertiary/aromatic N) is 4. The lowest BCUT2D eigenvalue weighted by atomic mass is 10.4. The van der Waals surface area contributed by atoms with Crippen LogP contribution in [0.5, 0.6) is 0 Å². The molecule has 2 N–H and O–H groups in total. The minimum atomic E-state index is 0.611. The first kappa shape index (κ1) is 15.5. The second-order valence-corrected chi connectivity index (χ2v) is 5.96. The van der Waals surface area contributed by atoms with Crippen LogP contribution in [0.3, 0.4) is 0 Å². The van der Waals surface area contributed by atoms with Crippen molar-refractivity contribution in [3.63, 3.8) is 0 Å². The van der Waals surface area contributed by atoms with Crippen LogP contribution in [-0.4, -0.2) is 33.6 Å². The topological polar surface area (TPSA) is 67.1 Å². The Morgan fingerprint density at radius 3 is 2.86 bits per heavy atom. The minimum Gasteiger partial charge on any atom is -0.357 e. The molecule has 0 atom stereocenters. The Kier molecular flexibility index (Phi) is 5.74. The number of aromatic nitrogens is 3. The highest BCUT2D eigenvalue weighted by Gasteiger charge is 2.03. The standard InChI is InChI=1S/C14H22N6S/c1-4-16-14(17-6-8-20-7-5-15-10-20)18-9-13-19-11(2)12(3)21-13/h5,7,10H,4,6,8-9H2,1-3H3,(H2,16,17,18). The van der Waals surface area contributed by atoms with Crippen molar-refractivity contribution < 1.29 is 0 Å². The largest absolute Gasteiger partial charge is 0.357 e. The van der Waals surface area contributed by atoms with Crippen LogP contribution < -0.4 is 10.6 Å². The van der Waals surface area contributed by atoms with Crippen LogP contribution in [0.4, 0.5) is 0 Å². The molecule has 2 rings (SSSR count). The van der Waals surface area contributed by atoms with Crippen LogP contribution in [0, 0.1) is 13.8 Å². The molecule has 0 aliphatic rings. The van der Waals surface area contributed by atoms with Gasteiger partial charge in [0.15, 0.2) is 5.96 Å². The number of hydrogen-bond acceptors (Lipinski definition) is 4. The van der Waals surface area contributed by atoms with Crippen molar-refractivity contribution in [2.75, 3.05) is 13.1 Å². The van der Waals surface area contributed by atoms with Crippen molar-refractivity contribution in [1.29, 1.82) is 0 Å². The Morgan fingerprint density at radius 2 is 2.24 bits per heavy atom. The second-order valence-electron chi connectivity index (χ2n) is 4.67. The third-order valence-electron chi connectivity index (χ3n) is 3.01. The molecule has 0 amide bonds. The normalized spacial score (nSPS) is 11.7. The number of guanidine groups is 1. The number of aryl methyl sites for hydroxylation is 2. The van der Waals surface area contributed by atoms with Gasteiger partial charge in [-0.3, -0.25) is 0 Å². The van der Waals surface area contributed by atoms with Gasteiger partial charge in [-0.15, -0.1) is 11.3 Å². The maximum atomic E-state index is 4.57. The fourth-order valence-corrected chi connectivity index (χ4v) is 2.68. The van der Waals surface area contributed by atoms with Crippen molar-refractivity contribution in [2.24, 2.45) is 4.99 Å². The van der Waals surface area contributed by atoms with Gasteiger partial charge in [0.2, 0.25) is 0 Å². The molecule has 0 saturated carbocycles. The fourth-order valence-electron chi connectivity index (χ4n) is 1.82. The summed E-state index contributed by atoms with van der Waals surface area (Å²) in [7, 11) is 0. The van der Waals surface area contributed by atoms with Gasteiger partial charge in [0.05, 0.1) is 18.6 Å². The number of thiazole rings is 1. The van der Waals surface area contributed by atoms with E-state index in [1.54, 1.807) is 17.5 Å². The lowest BCUT2D eigenvalue weighted by Crippen LogP contribution is -2.38. The van der Waals surface area contributed by atoms with E-state index >= 15 is 0 Å². The van der Waals surface area contributed by atoms with Gasteiger partial charge in [-0.2, -0.15) is 0 Å². The lowest BCUT2D eigenvalue weighted by molar-refractivity contribution is 0.662. The lowest BCUT2D eigenvalue weighted by Gasteiger charge is -2.11. The number of nitrogens with one attached hydrogen (secondary N) is 2. The molecule has 0 aliphatic heterocycles. The molecule has 2 aromatic rings. The van der Waals surface area contributed by atoms with E-state index in [9.17, 15) is 0 Å². The summed E-state index contributed by atoms with van der Waals surface area (Å²) in [6.45, 7) is 9.30. The van der Waals surface area contributed by atoms with E-state index < -0.39 is 0 Å². The molecule has 21 heavy (non-hydrogen) atoms. The van der Waals surface area contributed by atoms with Crippen LogP contribution in [0.2, 0.25) is 0 Å². The van der Waals surface area contributed by atoms with E-state index in [2.05, 4.69) is 39.4 Å². The molecule has 0 bridgehead atoms. The molecule has 7 heteroatoms. The Balaban J connectivity index is 1.86. The van der Waals surface area contributed by atoms with Gasteiger partial charge < -0.3 is 15.2 Å². The minimum absolute atomic E-state index is 0.611. The summed E-state index contributed by atoms with van der Waals surface area (Å²) in [6.07, 6.45) is 5.55.